The highest BCUT2D eigenvalue weighted by Crippen LogP contribution is 2.21. The number of carbonyl (C=O) groups excluding carboxylic acids is 1. The molecule has 0 radical (unpaired) electrons. The molecule has 0 fully saturated rings. The number of hydrogen-bond donors (Lipinski definition) is 0. The molecule has 0 unspecified atom stereocenters. The normalized spacial score (nSPS) is 11.7. The van der Waals surface area contributed by atoms with Crippen LogP contribution in [0.1, 0.15) is 91.9 Å². The van der Waals surface area contributed by atoms with E-state index in [-0.39, 0.29) is 5.97 Å². The molecule has 4 heteroatoms. The van der Waals surface area contributed by atoms with E-state index in [0.29, 0.717) is 19.6 Å². The van der Waals surface area contributed by atoms with Crippen molar-refractivity contribution in [1.82, 2.24) is 0 Å². The molecule has 24 heavy (non-hydrogen) atoms. The van der Waals surface area contributed by atoms with Crippen LogP contribution in [0.3, 0.4) is 0 Å². The number of hydrogen-bond acceptors (Lipinski definition) is 3. The predicted octanol–water partition coefficient (Wildman–Crippen LogP) is 6.47. The molecular formula is C20H42O3Si. The van der Waals surface area contributed by atoms with Gasteiger partial charge in [-0.1, -0.05) is 79.1 Å². The largest absolute Gasteiger partial charge is 0.463 e. The van der Waals surface area contributed by atoms with Gasteiger partial charge in [-0.15, -0.1) is 0 Å². The van der Waals surface area contributed by atoms with Gasteiger partial charge >= 0.3 is 5.97 Å². The molecule has 0 saturated carbocycles. The van der Waals surface area contributed by atoms with Gasteiger partial charge in [0.15, 0.2) is 8.32 Å². The zero-order valence-corrected chi connectivity index (χ0v) is 17.8. The zero-order chi connectivity index (χ0) is 18.1. The van der Waals surface area contributed by atoms with Crippen molar-refractivity contribution in [3.63, 3.8) is 0 Å². The van der Waals surface area contributed by atoms with Crippen LogP contribution in [0, 0.1) is 0 Å². The summed E-state index contributed by atoms with van der Waals surface area (Å²) in [5, 5.41) is 0. The van der Waals surface area contributed by atoms with Crippen molar-refractivity contribution in [3.8, 4) is 0 Å². The summed E-state index contributed by atoms with van der Waals surface area (Å²) in [7, 11) is -1.53. The molecule has 0 aromatic heterocycles. The molecule has 0 aliphatic heterocycles. The summed E-state index contributed by atoms with van der Waals surface area (Å²) in [6.07, 6.45) is 12.0. The highest BCUT2D eigenvalue weighted by Gasteiger charge is 2.28. The Morgan fingerprint density at radius 2 is 1.21 bits per heavy atom. The van der Waals surface area contributed by atoms with Crippen molar-refractivity contribution in [1.29, 1.82) is 0 Å². The molecule has 0 aromatic rings. The van der Waals surface area contributed by atoms with Crippen molar-refractivity contribution >= 4 is 14.3 Å². The molecule has 0 rings (SSSR count). The molecule has 0 aliphatic rings. The summed E-state index contributed by atoms with van der Waals surface area (Å²) >= 11 is 0. The van der Waals surface area contributed by atoms with Crippen molar-refractivity contribution in [3.05, 3.63) is 0 Å². The van der Waals surface area contributed by atoms with Gasteiger partial charge in [-0.2, -0.15) is 0 Å². The summed E-state index contributed by atoms with van der Waals surface area (Å²) in [4.78, 5) is 11.7. The minimum atomic E-state index is -1.53. The monoisotopic (exact) mass is 358 g/mol. The van der Waals surface area contributed by atoms with Crippen LogP contribution in [0.2, 0.25) is 18.1 Å². The standard InChI is InChI=1S/C20H42O3Si/c1-5-9-10-11-12-13-14-15-16-17-20(21)22-18-19-23-24(6-2,7-3)8-4/h5-19H2,1-4H3. The van der Waals surface area contributed by atoms with Crippen LogP contribution in [-0.4, -0.2) is 27.5 Å². The second-order valence-electron chi connectivity index (χ2n) is 6.89. The van der Waals surface area contributed by atoms with Gasteiger partial charge in [0.05, 0.1) is 6.61 Å². The predicted molar refractivity (Wildman–Crippen MR) is 106 cm³/mol. The molecule has 0 atom stereocenters. The summed E-state index contributed by atoms with van der Waals surface area (Å²) in [6, 6.07) is 3.44. The summed E-state index contributed by atoms with van der Waals surface area (Å²) in [5.74, 6) is -0.0571. The highest BCUT2D eigenvalue weighted by molar-refractivity contribution is 6.73. The molecule has 0 N–H and O–H groups in total. The fourth-order valence-corrected chi connectivity index (χ4v) is 5.75. The first kappa shape index (κ1) is 23.6. The second-order valence-corrected chi connectivity index (χ2v) is 11.7. The van der Waals surface area contributed by atoms with E-state index in [4.69, 9.17) is 9.16 Å². The van der Waals surface area contributed by atoms with E-state index in [1.54, 1.807) is 0 Å². The minimum Gasteiger partial charge on any atom is -0.463 e. The van der Waals surface area contributed by atoms with Gasteiger partial charge < -0.3 is 9.16 Å². The van der Waals surface area contributed by atoms with E-state index in [2.05, 4.69) is 27.7 Å². The van der Waals surface area contributed by atoms with E-state index in [9.17, 15) is 4.79 Å². The molecule has 0 heterocycles. The zero-order valence-electron chi connectivity index (χ0n) is 16.8. The Balaban J connectivity index is 3.47. The Morgan fingerprint density at radius 3 is 1.71 bits per heavy atom. The topological polar surface area (TPSA) is 35.5 Å². The lowest BCUT2D eigenvalue weighted by Crippen LogP contribution is -2.37. The van der Waals surface area contributed by atoms with Crippen LogP contribution >= 0.6 is 0 Å². The first-order valence-electron chi connectivity index (χ1n) is 10.4. The van der Waals surface area contributed by atoms with E-state index in [1.807, 2.05) is 0 Å². The number of rotatable bonds is 17. The number of esters is 1. The quantitative estimate of drug-likeness (QED) is 0.170. The maximum atomic E-state index is 11.7. The Hall–Kier alpha value is -0.353. The van der Waals surface area contributed by atoms with Gasteiger partial charge in [0.1, 0.15) is 6.61 Å². The Bertz CT molecular complexity index is 282. The third-order valence-electron chi connectivity index (χ3n) is 5.17. The number of carbonyl (C=O) groups is 1. The lowest BCUT2D eigenvalue weighted by molar-refractivity contribution is -0.144. The lowest BCUT2D eigenvalue weighted by Gasteiger charge is -2.27. The molecular weight excluding hydrogens is 316 g/mol. The van der Waals surface area contributed by atoms with Gasteiger partial charge in [-0.05, 0) is 24.6 Å². The van der Waals surface area contributed by atoms with Crippen molar-refractivity contribution in [2.75, 3.05) is 13.2 Å². The van der Waals surface area contributed by atoms with Crippen molar-refractivity contribution in [2.24, 2.45) is 0 Å². The Kier molecular flexibility index (Phi) is 15.9. The third-order valence-corrected chi connectivity index (χ3v) is 9.85. The second kappa shape index (κ2) is 16.1. The van der Waals surface area contributed by atoms with Gasteiger partial charge in [-0.3, -0.25) is 4.79 Å². The highest BCUT2D eigenvalue weighted by atomic mass is 28.4. The van der Waals surface area contributed by atoms with E-state index < -0.39 is 8.32 Å². The number of ether oxygens (including phenoxy) is 1. The van der Waals surface area contributed by atoms with Crippen molar-refractivity contribution < 1.29 is 14.0 Å². The van der Waals surface area contributed by atoms with Crippen LogP contribution in [0.5, 0.6) is 0 Å². The van der Waals surface area contributed by atoms with Gasteiger partial charge in [0.2, 0.25) is 0 Å². The molecule has 0 aromatic carbocycles. The lowest BCUT2D eigenvalue weighted by atomic mass is 10.1. The van der Waals surface area contributed by atoms with E-state index >= 15 is 0 Å². The maximum absolute atomic E-state index is 11.7. The molecule has 0 amide bonds. The van der Waals surface area contributed by atoms with Crippen LogP contribution in [0.4, 0.5) is 0 Å². The fourth-order valence-electron chi connectivity index (χ4n) is 3.12. The third kappa shape index (κ3) is 12.1. The maximum Gasteiger partial charge on any atom is 0.305 e. The Morgan fingerprint density at radius 1 is 0.708 bits per heavy atom. The molecule has 0 spiro atoms. The summed E-state index contributed by atoms with van der Waals surface area (Å²) in [6.45, 7) is 9.90. The average Bonchev–Trinajstić information content (AvgIpc) is 2.61. The van der Waals surface area contributed by atoms with Crippen LogP contribution in [-0.2, 0) is 14.0 Å². The first-order valence-corrected chi connectivity index (χ1v) is 13.0. The van der Waals surface area contributed by atoms with Gasteiger partial charge in [0, 0.05) is 6.42 Å². The van der Waals surface area contributed by atoms with Gasteiger partial charge in [0.25, 0.3) is 0 Å². The van der Waals surface area contributed by atoms with Crippen LogP contribution in [0.25, 0.3) is 0 Å². The van der Waals surface area contributed by atoms with Gasteiger partial charge in [-0.25, -0.2) is 0 Å². The molecule has 144 valence electrons. The number of unbranched alkanes of at least 4 members (excludes halogenated alkanes) is 8. The Labute approximate surface area is 152 Å². The molecule has 0 aliphatic carbocycles. The van der Waals surface area contributed by atoms with Crippen LogP contribution < -0.4 is 0 Å². The first-order chi connectivity index (χ1) is 11.6. The van der Waals surface area contributed by atoms with E-state index in [0.717, 1.165) is 31.0 Å². The fraction of sp³-hybridized carbons (Fsp3) is 0.950. The van der Waals surface area contributed by atoms with E-state index in [1.165, 1.54) is 44.9 Å². The van der Waals surface area contributed by atoms with Crippen LogP contribution in [0.15, 0.2) is 0 Å². The molecule has 0 bridgehead atoms. The average molecular weight is 359 g/mol. The van der Waals surface area contributed by atoms with Crippen molar-refractivity contribution in [2.45, 2.75) is 110 Å². The summed E-state index contributed by atoms with van der Waals surface area (Å²) in [5.41, 5.74) is 0. The molecule has 0 saturated heterocycles. The minimum absolute atomic E-state index is 0.0571. The smallest absolute Gasteiger partial charge is 0.305 e. The molecule has 3 nitrogen and oxygen atoms in total. The SMILES string of the molecule is CCCCCCCCCCCC(=O)OCCO[Si](CC)(CC)CC. The summed E-state index contributed by atoms with van der Waals surface area (Å²) < 4.78 is 11.4.